The maximum Gasteiger partial charge on any atom is 0.271 e. The van der Waals surface area contributed by atoms with Gasteiger partial charge in [-0.1, -0.05) is 24.3 Å². The van der Waals surface area contributed by atoms with E-state index < -0.39 is 26.0 Å². The summed E-state index contributed by atoms with van der Waals surface area (Å²) in [6.45, 7) is 2.29. The van der Waals surface area contributed by atoms with E-state index in [2.05, 4.69) is 0 Å². The van der Waals surface area contributed by atoms with Gasteiger partial charge in [0.05, 0.1) is 11.5 Å². The first-order chi connectivity index (χ1) is 17.1. The summed E-state index contributed by atoms with van der Waals surface area (Å²) in [5, 5.41) is 9.91. The van der Waals surface area contributed by atoms with Gasteiger partial charge in [0.1, 0.15) is 10.7 Å². The quantitative estimate of drug-likeness (QED) is 0.262. The van der Waals surface area contributed by atoms with Crippen LogP contribution in [-0.4, -0.2) is 40.0 Å². The number of rotatable bonds is 7. The van der Waals surface area contributed by atoms with Gasteiger partial charge >= 0.3 is 0 Å². The van der Waals surface area contributed by atoms with Gasteiger partial charge in [-0.15, -0.1) is 0 Å². The van der Waals surface area contributed by atoms with Crippen molar-refractivity contribution in [2.24, 2.45) is 0 Å². The molecule has 10 heteroatoms. The van der Waals surface area contributed by atoms with Crippen LogP contribution < -0.4 is 14.5 Å². The number of benzene rings is 3. The molecule has 36 heavy (non-hydrogen) atoms. The Morgan fingerprint density at radius 3 is 2.31 bits per heavy atom. The fraction of sp³-hybridized carbons (Fsp3) is 0.192. The number of amides is 1. The van der Waals surface area contributed by atoms with Gasteiger partial charge in [-0.25, -0.2) is 8.42 Å². The SMILES string of the molecule is CCOc1ccc(N2C(=O)C(=Cc3ccc(N(C)C)cc3)S(=O)(=O)C2c2cccc([N+](=O)[O-])c2)cc1. The lowest BCUT2D eigenvalue weighted by Gasteiger charge is -2.23. The average Bonchev–Trinajstić information content (AvgIpc) is 3.05. The molecule has 3 aromatic rings. The highest BCUT2D eigenvalue weighted by atomic mass is 32.2. The van der Waals surface area contributed by atoms with Crippen LogP contribution in [0.3, 0.4) is 0 Å². The van der Waals surface area contributed by atoms with Crippen LogP contribution in [-0.2, 0) is 14.6 Å². The highest BCUT2D eigenvalue weighted by Crippen LogP contribution is 2.44. The predicted molar refractivity (Wildman–Crippen MR) is 139 cm³/mol. The number of nitro benzene ring substituents is 1. The van der Waals surface area contributed by atoms with Crippen molar-refractivity contribution >= 4 is 38.9 Å². The number of hydrogen-bond donors (Lipinski definition) is 0. The molecule has 0 saturated carbocycles. The Morgan fingerprint density at radius 2 is 1.72 bits per heavy atom. The summed E-state index contributed by atoms with van der Waals surface area (Å²) < 4.78 is 33.0. The largest absolute Gasteiger partial charge is 0.494 e. The highest BCUT2D eigenvalue weighted by Gasteiger charge is 2.50. The maximum absolute atomic E-state index is 13.8. The van der Waals surface area contributed by atoms with Gasteiger partial charge in [0.15, 0.2) is 5.37 Å². The Kier molecular flexibility index (Phi) is 6.80. The molecule has 186 valence electrons. The van der Waals surface area contributed by atoms with Crippen molar-refractivity contribution in [3.05, 3.63) is 98.9 Å². The smallest absolute Gasteiger partial charge is 0.271 e. The first-order valence-electron chi connectivity index (χ1n) is 11.2. The molecule has 1 fully saturated rings. The summed E-state index contributed by atoms with van der Waals surface area (Å²) in [5.74, 6) is -0.147. The Labute approximate surface area is 209 Å². The minimum Gasteiger partial charge on any atom is -0.494 e. The zero-order chi connectivity index (χ0) is 26.0. The fourth-order valence-corrected chi connectivity index (χ4v) is 5.89. The summed E-state index contributed by atoms with van der Waals surface area (Å²) in [7, 11) is -0.470. The van der Waals surface area contributed by atoms with Crippen LogP contribution in [0.2, 0.25) is 0 Å². The summed E-state index contributed by atoms with van der Waals surface area (Å²) in [6.07, 6.45) is 1.34. The molecule has 1 aliphatic heterocycles. The Morgan fingerprint density at radius 1 is 1.06 bits per heavy atom. The number of carbonyl (C=O) groups excluding carboxylic acids is 1. The standard InChI is InChI=1S/C26H25N3O6S/c1-4-35-23-14-12-21(13-15-23)28-25(30)24(16-18-8-10-20(11-9-18)27(2)3)36(33,34)26(28)19-6-5-7-22(17-19)29(31)32/h5-17,26H,4H2,1-3H3. The molecular weight excluding hydrogens is 482 g/mol. The molecule has 1 unspecified atom stereocenters. The van der Waals surface area contributed by atoms with Crippen molar-refractivity contribution in [3.8, 4) is 5.75 Å². The van der Waals surface area contributed by atoms with Crippen molar-refractivity contribution in [1.82, 2.24) is 0 Å². The van der Waals surface area contributed by atoms with E-state index in [0.717, 1.165) is 10.6 Å². The summed E-state index contributed by atoms with van der Waals surface area (Å²) in [4.78, 5) is 27.1. The second kappa shape index (κ2) is 9.82. The number of ether oxygens (including phenoxy) is 1. The summed E-state index contributed by atoms with van der Waals surface area (Å²) in [5.41, 5.74) is 1.65. The monoisotopic (exact) mass is 507 g/mol. The van der Waals surface area contributed by atoms with Gasteiger partial charge in [0.25, 0.3) is 11.6 Å². The van der Waals surface area contributed by atoms with Gasteiger partial charge in [-0.05, 0) is 60.5 Å². The van der Waals surface area contributed by atoms with Gasteiger partial charge in [-0.2, -0.15) is 0 Å². The number of sulfone groups is 1. The van der Waals surface area contributed by atoms with Crippen LogP contribution >= 0.6 is 0 Å². The molecule has 1 saturated heterocycles. The molecule has 0 spiro atoms. The van der Waals surface area contributed by atoms with Crippen LogP contribution in [0.1, 0.15) is 23.4 Å². The number of non-ortho nitro benzene ring substituents is 1. The Bertz CT molecular complexity index is 1430. The lowest BCUT2D eigenvalue weighted by Crippen LogP contribution is -2.29. The normalized spacial score (nSPS) is 17.9. The minimum atomic E-state index is -4.24. The second-order valence-corrected chi connectivity index (χ2v) is 10.3. The summed E-state index contributed by atoms with van der Waals surface area (Å²) in [6, 6.07) is 18.9. The average molecular weight is 508 g/mol. The fourth-order valence-electron chi connectivity index (χ4n) is 4.01. The molecule has 1 aliphatic rings. The third kappa shape index (κ3) is 4.67. The lowest BCUT2D eigenvalue weighted by atomic mass is 10.1. The Balaban J connectivity index is 1.86. The molecule has 0 aliphatic carbocycles. The van der Waals surface area contributed by atoms with Crippen molar-refractivity contribution in [2.75, 3.05) is 30.5 Å². The second-order valence-electron chi connectivity index (χ2n) is 8.35. The number of hydrogen-bond acceptors (Lipinski definition) is 7. The van der Waals surface area contributed by atoms with Crippen LogP contribution in [0.5, 0.6) is 5.75 Å². The molecular formula is C26H25N3O6S. The molecule has 0 N–H and O–H groups in total. The van der Waals surface area contributed by atoms with E-state index >= 15 is 0 Å². The predicted octanol–water partition coefficient (Wildman–Crippen LogP) is 4.56. The van der Waals surface area contributed by atoms with Crippen molar-refractivity contribution in [1.29, 1.82) is 0 Å². The molecule has 4 rings (SSSR count). The van der Waals surface area contributed by atoms with E-state index in [4.69, 9.17) is 4.74 Å². The van der Waals surface area contributed by atoms with Crippen LogP contribution in [0.4, 0.5) is 17.1 Å². The molecule has 1 amide bonds. The third-order valence-electron chi connectivity index (χ3n) is 5.76. The van der Waals surface area contributed by atoms with E-state index in [-0.39, 0.29) is 16.2 Å². The molecule has 0 bridgehead atoms. The zero-order valence-electron chi connectivity index (χ0n) is 20.0. The first-order valence-corrected chi connectivity index (χ1v) is 12.7. The number of anilines is 2. The van der Waals surface area contributed by atoms with Crippen molar-refractivity contribution < 1.29 is 22.9 Å². The minimum absolute atomic E-state index is 0.123. The van der Waals surface area contributed by atoms with Crippen molar-refractivity contribution in [2.45, 2.75) is 12.3 Å². The topological polar surface area (TPSA) is 110 Å². The van der Waals surface area contributed by atoms with Gasteiger partial charge in [0, 0.05) is 37.6 Å². The lowest BCUT2D eigenvalue weighted by molar-refractivity contribution is -0.384. The Hall–Kier alpha value is -4.18. The molecule has 9 nitrogen and oxygen atoms in total. The van der Waals surface area contributed by atoms with E-state index in [1.54, 1.807) is 36.4 Å². The van der Waals surface area contributed by atoms with Gasteiger partial charge in [0.2, 0.25) is 9.84 Å². The highest BCUT2D eigenvalue weighted by molar-refractivity contribution is 7.97. The third-order valence-corrected chi connectivity index (χ3v) is 7.74. The molecule has 3 aromatic carbocycles. The molecule has 0 radical (unpaired) electrons. The van der Waals surface area contributed by atoms with Gasteiger partial charge < -0.3 is 9.64 Å². The van der Waals surface area contributed by atoms with Crippen molar-refractivity contribution in [3.63, 3.8) is 0 Å². The van der Waals surface area contributed by atoms with Crippen LogP contribution in [0, 0.1) is 10.1 Å². The van der Waals surface area contributed by atoms with Gasteiger partial charge in [-0.3, -0.25) is 19.8 Å². The van der Waals surface area contributed by atoms with E-state index in [9.17, 15) is 23.3 Å². The van der Waals surface area contributed by atoms with E-state index in [0.29, 0.717) is 23.6 Å². The molecule has 0 aromatic heterocycles. The number of nitro groups is 1. The zero-order valence-corrected chi connectivity index (χ0v) is 20.8. The van der Waals surface area contributed by atoms with E-state index in [1.165, 1.54) is 30.3 Å². The number of nitrogens with zero attached hydrogens (tertiary/aromatic N) is 3. The maximum atomic E-state index is 13.8. The molecule has 1 heterocycles. The number of carbonyl (C=O) groups is 1. The molecule has 1 atom stereocenters. The van der Waals surface area contributed by atoms with Crippen LogP contribution in [0.25, 0.3) is 6.08 Å². The summed E-state index contributed by atoms with van der Waals surface area (Å²) >= 11 is 0. The first kappa shape index (κ1) is 24.9. The van der Waals surface area contributed by atoms with Crippen LogP contribution in [0.15, 0.2) is 77.7 Å². The van der Waals surface area contributed by atoms with E-state index in [1.807, 2.05) is 38.1 Å².